The molecule has 1 unspecified atom stereocenters. The number of ketones is 1. The summed E-state index contributed by atoms with van der Waals surface area (Å²) < 4.78 is 11.0. The number of aromatic nitrogens is 1. The van der Waals surface area contributed by atoms with Gasteiger partial charge in [0.1, 0.15) is 5.76 Å². The van der Waals surface area contributed by atoms with Gasteiger partial charge in [0.2, 0.25) is 0 Å². The number of methoxy groups -OCH3 is 1. The molecule has 1 heterocycles. The highest BCUT2D eigenvalue weighted by atomic mass is 16.5. The number of allylic oxidation sites excluding steroid dienone is 2. The van der Waals surface area contributed by atoms with Gasteiger partial charge < -0.3 is 9.26 Å². The van der Waals surface area contributed by atoms with Crippen molar-refractivity contribution in [1.82, 2.24) is 5.16 Å². The summed E-state index contributed by atoms with van der Waals surface area (Å²) in [6.45, 7) is 18.0. The van der Waals surface area contributed by atoms with Crippen molar-refractivity contribution >= 4 is 11.8 Å². The van der Waals surface area contributed by atoms with Gasteiger partial charge in [-0.05, 0) is 97.9 Å². The minimum Gasteiger partial charge on any atom is -0.469 e. The third-order valence-electron chi connectivity index (χ3n) is 11.5. The van der Waals surface area contributed by atoms with Crippen LogP contribution in [-0.4, -0.2) is 24.0 Å². The topological polar surface area (TPSA) is 69.4 Å². The van der Waals surface area contributed by atoms with E-state index in [4.69, 9.17) is 9.26 Å². The predicted molar refractivity (Wildman–Crippen MR) is 146 cm³/mol. The number of rotatable bonds is 6. The van der Waals surface area contributed by atoms with Crippen LogP contribution in [-0.2, 0) is 27.2 Å². The van der Waals surface area contributed by atoms with Crippen molar-refractivity contribution in [3.8, 4) is 0 Å². The Kier molecular flexibility index (Phi) is 7.12. The Bertz CT molecular complexity index is 1080. The molecule has 0 radical (unpaired) electrons. The molecule has 2 saturated carbocycles. The van der Waals surface area contributed by atoms with Crippen molar-refractivity contribution in [2.75, 3.05) is 7.11 Å². The Morgan fingerprint density at radius 2 is 1.89 bits per heavy atom. The smallest absolute Gasteiger partial charge is 0.312 e. The molecule has 5 heteroatoms. The molecule has 3 aliphatic carbocycles. The maximum absolute atomic E-state index is 13.3. The van der Waals surface area contributed by atoms with Crippen LogP contribution in [0.5, 0.6) is 0 Å². The molecular formula is C32H49NO4. The van der Waals surface area contributed by atoms with E-state index in [1.54, 1.807) is 14.0 Å². The zero-order valence-electron chi connectivity index (χ0n) is 24.8. The fraction of sp³-hybridized carbons (Fsp3) is 0.781. The second-order valence-corrected chi connectivity index (χ2v) is 14.6. The Morgan fingerprint density at radius 1 is 1.19 bits per heavy atom. The van der Waals surface area contributed by atoms with E-state index in [1.807, 2.05) is 12.3 Å². The van der Waals surface area contributed by atoms with Gasteiger partial charge in [0.05, 0.1) is 18.7 Å². The summed E-state index contributed by atoms with van der Waals surface area (Å²) in [4.78, 5) is 26.0. The highest BCUT2D eigenvalue weighted by Gasteiger charge is 2.58. The first-order chi connectivity index (χ1) is 17.1. The first kappa shape index (κ1) is 28.1. The number of carbonyl (C=O) groups excluding carboxylic acids is 2. The molecule has 0 aliphatic heterocycles. The average molecular weight is 512 g/mol. The molecule has 0 aromatic carbocycles. The molecule has 4 rings (SSSR count). The number of ether oxygens (including phenoxy) is 1. The monoisotopic (exact) mass is 511 g/mol. The minimum absolute atomic E-state index is 0.0427. The standard InChI is InChI=1S/C32H49NO4/c1-21-18-28(3,4)12-14-32(21,27(35)36-9)15-13-29(5,6)31(8)11-10-24-17-25-23(20-33-37-25)19-30(24,7)26(31)16-22(2)34/h16,20-21,24H,10-15,17-19H2,1-9H3/b26-16-/t21?,24-,30-,31+,32-/m0/s1. The quantitative estimate of drug-likeness (QED) is 0.292. The summed E-state index contributed by atoms with van der Waals surface area (Å²) in [5.74, 6) is 1.80. The first-order valence-corrected chi connectivity index (χ1v) is 14.3. The Morgan fingerprint density at radius 3 is 2.51 bits per heavy atom. The lowest BCUT2D eigenvalue weighted by Gasteiger charge is -2.59. The van der Waals surface area contributed by atoms with Gasteiger partial charge in [0.25, 0.3) is 0 Å². The summed E-state index contributed by atoms with van der Waals surface area (Å²) in [6, 6.07) is 0. The van der Waals surface area contributed by atoms with Gasteiger partial charge >= 0.3 is 5.97 Å². The predicted octanol–water partition coefficient (Wildman–Crippen LogP) is 7.52. The average Bonchev–Trinajstić information content (AvgIpc) is 3.25. The SMILES string of the molecule is COC(=O)[C@]1(CCC(C)(C)[C@]2(C)CC[C@H]3Cc4oncc4C[C@]3(C)/C2=C/C(C)=O)CCC(C)(C)CC1C. The van der Waals surface area contributed by atoms with Crippen LogP contribution in [0.25, 0.3) is 0 Å². The van der Waals surface area contributed by atoms with E-state index in [-0.39, 0.29) is 39.3 Å². The van der Waals surface area contributed by atoms with E-state index >= 15 is 0 Å². The number of fused-ring (bicyclic) bond motifs is 2. The summed E-state index contributed by atoms with van der Waals surface area (Å²) in [6.07, 6.45) is 12.4. The van der Waals surface area contributed by atoms with E-state index in [2.05, 4.69) is 53.6 Å². The number of nitrogens with zero attached hydrogens (tertiary/aromatic N) is 1. The third-order valence-corrected chi connectivity index (χ3v) is 11.5. The van der Waals surface area contributed by atoms with Crippen LogP contribution in [0.1, 0.15) is 112 Å². The van der Waals surface area contributed by atoms with Gasteiger partial charge in [-0.15, -0.1) is 0 Å². The van der Waals surface area contributed by atoms with E-state index in [0.717, 1.165) is 63.5 Å². The molecule has 1 aromatic heterocycles. The molecule has 0 N–H and O–H groups in total. The number of carbonyl (C=O) groups is 2. The zero-order valence-corrected chi connectivity index (χ0v) is 24.8. The van der Waals surface area contributed by atoms with Crippen molar-refractivity contribution in [2.45, 2.75) is 113 Å². The van der Waals surface area contributed by atoms with Gasteiger partial charge in [-0.25, -0.2) is 0 Å². The molecular weight excluding hydrogens is 462 g/mol. The molecule has 5 nitrogen and oxygen atoms in total. The number of esters is 1. The van der Waals surface area contributed by atoms with E-state index in [0.29, 0.717) is 5.92 Å². The highest BCUT2D eigenvalue weighted by molar-refractivity contribution is 5.88. The van der Waals surface area contributed by atoms with Gasteiger partial charge in [0.15, 0.2) is 5.78 Å². The summed E-state index contributed by atoms with van der Waals surface area (Å²) in [7, 11) is 1.54. The second kappa shape index (κ2) is 9.38. The minimum atomic E-state index is -0.439. The Hall–Kier alpha value is -1.91. The molecule has 0 spiro atoms. The summed E-state index contributed by atoms with van der Waals surface area (Å²) in [5.41, 5.74) is 1.90. The van der Waals surface area contributed by atoms with Gasteiger partial charge in [0, 0.05) is 12.0 Å². The van der Waals surface area contributed by atoms with Crippen molar-refractivity contribution in [2.24, 2.45) is 38.9 Å². The second-order valence-electron chi connectivity index (χ2n) is 14.6. The maximum Gasteiger partial charge on any atom is 0.312 e. The fourth-order valence-corrected chi connectivity index (χ4v) is 8.51. The first-order valence-electron chi connectivity index (χ1n) is 14.3. The zero-order chi connectivity index (χ0) is 27.4. The lowest BCUT2D eigenvalue weighted by Crippen LogP contribution is -2.52. The van der Waals surface area contributed by atoms with Crippen molar-refractivity contribution in [3.05, 3.63) is 29.2 Å². The Balaban J connectivity index is 1.68. The summed E-state index contributed by atoms with van der Waals surface area (Å²) in [5, 5.41) is 4.09. The van der Waals surface area contributed by atoms with Gasteiger partial charge in [-0.3, -0.25) is 9.59 Å². The maximum atomic E-state index is 13.3. The van der Waals surface area contributed by atoms with Crippen LogP contribution in [0.15, 0.2) is 22.4 Å². The lowest BCUT2D eigenvalue weighted by atomic mass is 9.44. The molecule has 1 aromatic rings. The molecule has 0 saturated heterocycles. The van der Waals surface area contributed by atoms with Crippen LogP contribution in [0.3, 0.4) is 0 Å². The lowest BCUT2D eigenvalue weighted by molar-refractivity contribution is -0.162. The molecule has 3 aliphatic rings. The normalized spacial score (nSPS) is 36.5. The van der Waals surface area contributed by atoms with Crippen LogP contribution in [0.4, 0.5) is 0 Å². The van der Waals surface area contributed by atoms with Crippen LogP contribution >= 0.6 is 0 Å². The third kappa shape index (κ3) is 4.63. The van der Waals surface area contributed by atoms with E-state index in [9.17, 15) is 9.59 Å². The van der Waals surface area contributed by atoms with Crippen LogP contribution in [0, 0.1) is 38.9 Å². The van der Waals surface area contributed by atoms with Gasteiger partial charge in [-0.1, -0.05) is 59.2 Å². The molecule has 206 valence electrons. The van der Waals surface area contributed by atoms with E-state index < -0.39 is 5.41 Å². The molecule has 37 heavy (non-hydrogen) atoms. The number of hydrogen-bond acceptors (Lipinski definition) is 5. The van der Waals surface area contributed by atoms with Crippen LogP contribution < -0.4 is 0 Å². The molecule has 2 fully saturated rings. The molecule has 0 amide bonds. The molecule has 5 atom stereocenters. The van der Waals surface area contributed by atoms with E-state index in [1.165, 1.54) is 11.1 Å². The Labute approximate surface area is 224 Å². The van der Waals surface area contributed by atoms with Gasteiger partial charge in [-0.2, -0.15) is 0 Å². The number of hydrogen-bond donors (Lipinski definition) is 0. The van der Waals surface area contributed by atoms with Crippen molar-refractivity contribution < 1.29 is 18.8 Å². The van der Waals surface area contributed by atoms with Crippen molar-refractivity contribution in [3.63, 3.8) is 0 Å². The van der Waals surface area contributed by atoms with Crippen LogP contribution in [0.2, 0.25) is 0 Å². The molecule has 0 bridgehead atoms. The summed E-state index contributed by atoms with van der Waals surface area (Å²) >= 11 is 0. The largest absolute Gasteiger partial charge is 0.469 e. The fourth-order valence-electron chi connectivity index (χ4n) is 8.51. The van der Waals surface area contributed by atoms with Crippen molar-refractivity contribution in [1.29, 1.82) is 0 Å². The highest BCUT2D eigenvalue weighted by Crippen LogP contribution is 2.65.